The minimum atomic E-state index is -0.663. The minimum absolute atomic E-state index is 0.0689. The van der Waals surface area contributed by atoms with Crippen molar-refractivity contribution in [2.75, 3.05) is 6.61 Å². The summed E-state index contributed by atoms with van der Waals surface area (Å²) in [5, 5.41) is 4.48. The van der Waals surface area contributed by atoms with Gasteiger partial charge in [-0.1, -0.05) is 0 Å². The zero-order valence-corrected chi connectivity index (χ0v) is 10.2. The molecule has 1 aromatic heterocycles. The van der Waals surface area contributed by atoms with E-state index in [2.05, 4.69) is 5.32 Å². The predicted octanol–water partition coefficient (Wildman–Crippen LogP) is 0.559. The lowest BCUT2D eigenvalue weighted by Crippen LogP contribution is -2.41. The van der Waals surface area contributed by atoms with E-state index in [1.165, 1.54) is 6.26 Å². The molecule has 19 heavy (non-hydrogen) atoms. The van der Waals surface area contributed by atoms with E-state index < -0.39 is 18.5 Å². The minimum Gasteiger partial charge on any atom is -0.467 e. The second-order valence-electron chi connectivity index (χ2n) is 4.19. The molecular formula is C12H14N2O5. The van der Waals surface area contributed by atoms with Crippen LogP contribution in [0.4, 0.5) is 4.79 Å². The number of hydrogen-bond donors (Lipinski definition) is 2. The Hall–Kier alpha value is -2.31. The van der Waals surface area contributed by atoms with Crippen molar-refractivity contribution in [3.63, 3.8) is 0 Å². The third kappa shape index (κ3) is 4.46. The van der Waals surface area contributed by atoms with Crippen LogP contribution in [-0.2, 0) is 20.9 Å². The van der Waals surface area contributed by atoms with Gasteiger partial charge >= 0.3 is 12.0 Å². The number of carbonyl (C=O) groups excluding carboxylic acids is 3. The molecule has 0 aliphatic heterocycles. The van der Waals surface area contributed by atoms with Gasteiger partial charge in [0, 0.05) is 0 Å². The van der Waals surface area contributed by atoms with Gasteiger partial charge in [0.1, 0.15) is 5.76 Å². The molecule has 1 aromatic rings. The van der Waals surface area contributed by atoms with Gasteiger partial charge < -0.3 is 14.5 Å². The molecule has 0 bridgehead atoms. The second kappa shape index (κ2) is 6.03. The molecule has 1 aliphatic rings. The number of nitrogens with one attached hydrogen (secondary N) is 2. The number of ether oxygens (including phenoxy) is 1. The highest BCUT2D eigenvalue weighted by Gasteiger charge is 2.31. The number of imide groups is 1. The summed E-state index contributed by atoms with van der Waals surface area (Å²) >= 11 is 0. The number of urea groups is 1. The normalized spacial score (nSPS) is 13.7. The number of hydrogen-bond acceptors (Lipinski definition) is 5. The van der Waals surface area contributed by atoms with Crippen LogP contribution in [0.5, 0.6) is 0 Å². The fourth-order valence-electron chi connectivity index (χ4n) is 1.36. The Morgan fingerprint density at radius 3 is 2.79 bits per heavy atom. The van der Waals surface area contributed by atoms with Gasteiger partial charge in [-0.05, 0) is 25.0 Å². The second-order valence-corrected chi connectivity index (χ2v) is 4.19. The summed E-state index contributed by atoms with van der Waals surface area (Å²) in [4.78, 5) is 33.8. The molecule has 1 saturated carbocycles. The van der Waals surface area contributed by atoms with Crippen LogP contribution in [0, 0.1) is 5.92 Å². The number of amides is 3. The van der Waals surface area contributed by atoms with Gasteiger partial charge in [-0.25, -0.2) is 4.79 Å². The first-order valence-electron chi connectivity index (χ1n) is 5.92. The smallest absolute Gasteiger partial charge is 0.321 e. The van der Waals surface area contributed by atoms with Crippen LogP contribution in [0.15, 0.2) is 22.8 Å². The summed E-state index contributed by atoms with van der Waals surface area (Å²) in [5.74, 6) is -0.541. The zero-order valence-electron chi connectivity index (χ0n) is 10.2. The van der Waals surface area contributed by atoms with Crippen LogP contribution in [0.2, 0.25) is 0 Å². The molecule has 2 N–H and O–H groups in total. The van der Waals surface area contributed by atoms with E-state index in [-0.39, 0.29) is 18.4 Å². The molecule has 2 rings (SSSR count). The number of furan rings is 1. The average molecular weight is 266 g/mol. The van der Waals surface area contributed by atoms with Crippen LogP contribution < -0.4 is 10.6 Å². The highest BCUT2D eigenvalue weighted by molar-refractivity contribution is 5.95. The van der Waals surface area contributed by atoms with Gasteiger partial charge in [-0.3, -0.25) is 14.9 Å². The summed E-state index contributed by atoms with van der Waals surface area (Å²) in [6, 6.07) is 2.72. The van der Waals surface area contributed by atoms with Crippen LogP contribution >= 0.6 is 0 Å². The molecule has 7 heteroatoms. The number of carbonyl (C=O) groups is 3. The van der Waals surface area contributed by atoms with Crippen molar-refractivity contribution in [2.24, 2.45) is 5.92 Å². The molecule has 0 radical (unpaired) electrons. The number of rotatable bonds is 5. The van der Waals surface area contributed by atoms with Crippen molar-refractivity contribution >= 4 is 17.9 Å². The maximum atomic E-state index is 11.3. The fraction of sp³-hybridized carbons (Fsp3) is 0.417. The Morgan fingerprint density at radius 2 is 2.16 bits per heavy atom. The molecule has 1 heterocycles. The molecule has 102 valence electrons. The molecule has 0 aromatic carbocycles. The molecule has 3 amide bonds. The number of esters is 1. The van der Waals surface area contributed by atoms with Gasteiger partial charge in [0.25, 0.3) is 5.91 Å². The summed E-state index contributed by atoms with van der Waals surface area (Å²) < 4.78 is 9.73. The van der Waals surface area contributed by atoms with Crippen molar-refractivity contribution in [3.05, 3.63) is 24.2 Å². The standard InChI is InChI=1S/C12H14N2O5/c15-10(7-19-11(16)8-3-4-8)14-12(17)13-6-9-2-1-5-18-9/h1-2,5,8H,3-4,6-7H2,(H2,13,14,15,17). The predicted molar refractivity (Wildman–Crippen MR) is 62.8 cm³/mol. The van der Waals surface area contributed by atoms with Crippen LogP contribution in [0.1, 0.15) is 18.6 Å². The largest absolute Gasteiger partial charge is 0.467 e. The fourth-order valence-corrected chi connectivity index (χ4v) is 1.36. The Bertz CT molecular complexity index is 464. The molecular weight excluding hydrogens is 252 g/mol. The van der Waals surface area contributed by atoms with E-state index in [1.54, 1.807) is 12.1 Å². The molecule has 0 atom stereocenters. The molecule has 0 unspecified atom stereocenters. The summed E-state index contributed by atoms with van der Waals surface area (Å²) in [6.07, 6.45) is 3.10. The first kappa shape index (κ1) is 13.1. The van der Waals surface area contributed by atoms with Gasteiger partial charge in [-0.15, -0.1) is 0 Å². The third-order valence-corrected chi connectivity index (χ3v) is 2.51. The van der Waals surface area contributed by atoms with E-state index in [9.17, 15) is 14.4 Å². The highest BCUT2D eigenvalue weighted by Crippen LogP contribution is 2.29. The topological polar surface area (TPSA) is 97.6 Å². The van der Waals surface area contributed by atoms with Crippen molar-refractivity contribution in [3.8, 4) is 0 Å². The van der Waals surface area contributed by atoms with E-state index in [4.69, 9.17) is 9.15 Å². The van der Waals surface area contributed by atoms with Crippen LogP contribution in [0.3, 0.4) is 0 Å². The van der Waals surface area contributed by atoms with Crippen LogP contribution in [0.25, 0.3) is 0 Å². The van der Waals surface area contributed by atoms with Gasteiger partial charge in [0.2, 0.25) is 0 Å². The van der Waals surface area contributed by atoms with Crippen LogP contribution in [-0.4, -0.2) is 24.5 Å². The lowest BCUT2D eigenvalue weighted by Gasteiger charge is -2.06. The first-order chi connectivity index (χ1) is 9.15. The van der Waals surface area contributed by atoms with Gasteiger partial charge in [0.05, 0.1) is 18.7 Å². The molecule has 0 spiro atoms. The monoisotopic (exact) mass is 266 g/mol. The van der Waals surface area contributed by atoms with Gasteiger partial charge in [0.15, 0.2) is 6.61 Å². The molecule has 7 nitrogen and oxygen atoms in total. The Balaban J connectivity index is 1.61. The van der Waals surface area contributed by atoms with E-state index in [1.807, 2.05) is 5.32 Å². The molecule has 1 aliphatic carbocycles. The van der Waals surface area contributed by atoms with Crippen molar-refractivity contribution < 1.29 is 23.5 Å². The zero-order chi connectivity index (χ0) is 13.7. The lowest BCUT2D eigenvalue weighted by atomic mass is 10.4. The molecule has 0 saturated heterocycles. The van der Waals surface area contributed by atoms with E-state index in [0.717, 1.165) is 12.8 Å². The van der Waals surface area contributed by atoms with E-state index >= 15 is 0 Å². The average Bonchev–Trinajstić information content (AvgIpc) is 3.11. The highest BCUT2D eigenvalue weighted by atomic mass is 16.5. The maximum absolute atomic E-state index is 11.3. The van der Waals surface area contributed by atoms with Gasteiger partial charge in [-0.2, -0.15) is 0 Å². The third-order valence-electron chi connectivity index (χ3n) is 2.51. The SMILES string of the molecule is O=C(COC(=O)C1CC1)NC(=O)NCc1ccco1. The Kier molecular flexibility index (Phi) is 4.17. The Labute approximate surface area is 109 Å². The summed E-state index contributed by atoms with van der Waals surface area (Å²) in [5.41, 5.74) is 0. The molecule has 1 fully saturated rings. The van der Waals surface area contributed by atoms with Crippen molar-refractivity contribution in [2.45, 2.75) is 19.4 Å². The van der Waals surface area contributed by atoms with Crippen molar-refractivity contribution in [1.82, 2.24) is 10.6 Å². The summed E-state index contributed by atoms with van der Waals surface area (Å²) in [7, 11) is 0. The van der Waals surface area contributed by atoms with E-state index in [0.29, 0.717) is 5.76 Å². The quantitative estimate of drug-likeness (QED) is 0.759. The van der Waals surface area contributed by atoms with Crippen molar-refractivity contribution in [1.29, 1.82) is 0 Å². The first-order valence-corrected chi connectivity index (χ1v) is 5.92. The Morgan fingerprint density at radius 1 is 1.37 bits per heavy atom. The lowest BCUT2D eigenvalue weighted by molar-refractivity contribution is -0.149. The summed E-state index contributed by atoms with van der Waals surface area (Å²) in [6.45, 7) is -0.266. The maximum Gasteiger partial charge on any atom is 0.321 e.